The third kappa shape index (κ3) is 5.20. The van der Waals surface area contributed by atoms with E-state index < -0.39 is 0 Å². The van der Waals surface area contributed by atoms with Crippen molar-refractivity contribution in [2.75, 3.05) is 27.3 Å². The summed E-state index contributed by atoms with van der Waals surface area (Å²) in [6.45, 7) is 4.40. The Bertz CT molecular complexity index is 1110. The SMILES string of the molecule is COc1ccc(CCn2nnnc2[C@@H](c2ccc(C)cc2)[NH+]2CCC(C(N)=O)CC2)cc1OC. The van der Waals surface area contributed by atoms with Crippen molar-refractivity contribution in [1.82, 2.24) is 20.2 Å². The Balaban J connectivity index is 1.58. The molecule has 0 aliphatic carbocycles. The number of primary amides is 1. The van der Waals surface area contributed by atoms with Crippen LogP contribution in [0.4, 0.5) is 0 Å². The molecule has 2 heterocycles. The average molecular weight is 466 g/mol. The molecule has 4 rings (SSSR count). The molecule has 1 aromatic heterocycles. The van der Waals surface area contributed by atoms with Crippen LogP contribution in [-0.4, -0.2) is 53.4 Å². The van der Waals surface area contributed by atoms with Gasteiger partial charge in [-0.3, -0.25) is 4.79 Å². The highest BCUT2D eigenvalue weighted by Gasteiger charge is 2.35. The number of likely N-dealkylation sites (tertiary alicyclic amines) is 1. The number of carbonyl (C=O) groups excluding carboxylic acids is 1. The van der Waals surface area contributed by atoms with E-state index in [2.05, 4.69) is 46.7 Å². The van der Waals surface area contributed by atoms with Gasteiger partial charge >= 0.3 is 0 Å². The van der Waals surface area contributed by atoms with Crippen LogP contribution in [0.15, 0.2) is 42.5 Å². The largest absolute Gasteiger partial charge is 0.493 e. The van der Waals surface area contributed by atoms with Crippen LogP contribution in [0.5, 0.6) is 11.5 Å². The minimum Gasteiger partial charge on any atom is -0.493 e. The molecule has 1 amide bonds. The standard InChI is InChI=1S/C25H32N6O3/c1-17-4-7-19(8-5-17)23(30-13-11-20(12-14-30)24(26)32)25-27-28-29-31(25)15-10-18-6-9-21(33-2)22(16-18)34-3/h4-9,16,20,23H,10-15H2,1-3H3,(H2,26,32)/p+1/t23-/m1/s1. The quantitative estimate of drug-likeness (QED) is 0.490. The summed E-state index contributed by atoms with van der Waals surface area (Å²) in [5, 5.41) is 12.8. The van der Waals surface area contributed by atoms with Gasteiger partial charge in [0.25, 0.3) is 0 Å². The first-order valence-electron chi connectivity index (χ1n) is 11.7. The molecular weight excluding hydrogens is 432 g/mol. The van der Waals surface area contributed by atoms with Crippen LogP contribution in [0.3, 0.4) is 0 Å². The number of aromatic nitrogens is 4. The number of tetrazole rings is 1. The summed E-state index contributed by atoms with van der Waals surface area (Å²) in [7, 11) is 3.27. The molecule has 180 valence electrons. The van der Waals surface area contributed by atoms with E-state index in [0.29, 0.717) is 18.0 Å². The topological polar surface area (TPSA) is 110 Å². The number of nitrogens with one attached hydrogen (secondary N) is 1. The number of quaternary nitrogens is 1. The Labute approximate surface area is 199 Å². The maximum absolute atomic E-state index is 11.7. The summed E-state index contributed by atoms with van der Waals surface area (Å²) < 4.78 is 12.7. The van der Waals surface area contributed by atoms with Crippen molar-refractivity contribution in [3.63, 3.8) is 0 Å². The third-order valence-electron chi connectivity index (χ3n) is 6.73. The molecule has 9 nitrogen and oxygen atoms in total. The minimum absolute atomic E-state index is 0.0187. The van der Waals surface area contributed by atoms with E-state index in [1.165, 1.54) is 16.0 Å². The maximum Gasteiger partial charge on any atom is 0.220 e. The molecule has 1 aliphatic rings. The van der Waals surface area contributed by atoms with Gasteiger partial charge in [-0.1, -0.05) is 35.9 Å². The number of amides is 1. The van der Waals surface area contributed by atoms with Gasteiger partial charge in [0.15, 0.2) is 17.5 Å². The molecule has 3 aromatic rings. The summed E-state index contributed by atoms with van der Waals surface area (Å²) in [6, 6.07) is 14.5. The molecule has 0 radical (unpaired) electrons. The normalized spacial score (nSPS) is 18.9. The molecule has 0 saturated carbocycles. The molecule has 0 bridgehead atoms. The molecule has 1 saturated heterocycles. The van der Waals surface area contributed by atoms with Crippen molar-refractivity contribution in [1.29, 1.82) is 0 Å². The molecule has 9 heteroatoms. The fourth-order valence-corrected chi connectivity index (χ4v) is 4.74. The summed E-state index contributed by atoms with van der Waals surface area (Å²) >= 11 is 0. The van der Waals surface area contributed by atoms with Crippen molar-refractivity contribution >= 4 is 5.91 Å². The van der Waals surface area contributed by atoms with Crippen molar-refractivity contribution in [3.8, 4) is 11.5 Å². The van der Waals surface area contributed by atoms with Crippen LogP contribution in [0.2, 0.25) is 0 Å². The van der Waals surface area contributed by atoms with E-state index >= 15 is 0 Å². The molecule has 2 aromatic carbocycles. The van der Waals surface area contributed by atoms with E-state index in [0.717, 1.165) is 43.7 Å². The third-order valence-corrected chi connectivity index (χ3v) is 6.73. The summed E-state index contributed by atoms with van der Waals surface area (Å²) in [5.41, 5.74) is 9.05. The minimum atomic E-state index is -0.203. The van der Waals surface area contributed by atoms with Crippen molar-refractivity contribution in [2.24, 2.45) is 11.7 Å². The molecule has 1 aliphatic heterocycles. The van der Waals surface area contributed by atoms with Crippen LogP contribution in [0, 0.1) is 12.8 Å². The number of aryl methyl sites for hydroxylation is 3. The van der Waals surface area contributed by atoms with Gasteiger partial charge in [-0.15, -0.1) is 5.10 Å². The second-order valence-corrected chi connectivity index (χ2v) is 8.88. The van der Waals surface area contributed by atoms with Crippen LogP contribution in [0.1, 0.15) is 41.4 Å². The van der Waals surface area contributed by atoms with Gasteiger partial charge in [0, 0.05) is 30.9 Å². The Morgan fingerprint density at radius 3 is 2.47 bits per heavy atom. The Morgan fingerprint density at radius 1 is 1.12 bits per heavy atom. The zero-order valence-electron chi connectivity index (χ0n) is 20.0. The highest BCUT2D eigenvalue weighted by Crippen LogP contribution is 2.28. The van der Waals surface area contributed by atoms with Gasteiger partial charge < -0.3 is 20.1 Å². The predicted molar refractivity (Wildman–Crippen MR) is 127 cm³/mol. The molecule has 3 N–H and O–H groups in total. The molecule has 0 unspecified atom stereocenters. The first-order valence-corrected chi connectivity index (χ1v) is 11.7. The Morgan fingerprint density at radius 2 is 1.82 bits per heavy atom. The van der Waals surface area contributed by atoms with Crippen molar-refractivity contribution < 1.29 is 19.2 Å². The van der Waals surface area contributed by atoms with E-state index in [1.54, 1.807) is 14.2 Å². The molecule has 34 heavy (non-hydrogen) atoms. The lowest BCUT2D eigenvalue weighted by atomic mass is 9.93. The van der Waals surface area contributed by atoms with E-state index in [1.807, 2.05) is 22.9 Å². The van der Waals surface area contributed by atoms with Gasteiger partial charge in [0.2, 0.25) is 11.7 Å². The number of nitrogens with zero attached hydrogens (tertiary/aromatic N) is 4. The van der Waals surface area contributed by atoms with Gasteiger partial charge in [0.1, 0.15) is 0 Å². The number of benzene rings is 2. The van der Waals surface area contributed by atoms with Crippen molar-refractivity contribution in [3.05, 3.63) is 65.0 Å². The highest BCUT2D eigenvalue weighted by molar-refractivity contribution is 5.76. The lowest BCUT2D eigenvalue weighted by molar-refractivity contribution is -0.931. The van der Waals surface area contributed by atoms with E-state index in [9.17, 15) is 4.79 Å². The van der Waals surface area contributed by atoms with E-state index in [-0.39, 0.29) is 17.9 Å². The summed E-state index contributed by atoms with van der Waals surface area (Å²) in [6.07, 6.45) is 2.30. The highest BCUT2D eigenvalue weighted by atomic mass is 16.5. The zero-order chi connectivity index (χ0) is 24.1. The van der Waals surface area contributed by atoms with Crippen molar-refractivity contribution in [2.45, 2.75) is 38.8 Å². The maximum atomic E-state index is 11.7. The van der Waals surface area contributed by atoms with Crippen LogP contribution >= 0.6 is 0 Å². The number of hydrogen-bond acceptors (Lipinski definition) is 6. The van der Waals surface area contributed by atoms with Crippen LogP contribution < -0.4 is 20.1 Å². The molecule has 1 atom stereocenters. The first kappa shape index (κ1) is 23.7. The summed E-state index contributed by atoms with van der Waals surface area (Å²) in [4.78, 5) is 13.0. The lowest BCUT2D eigenvalue weighted by Crippen LogP contribution is -3.13. The number of ether oxygens (including phenoxy) is 2. The lowest BCUT2D eigenvalue weighted by Gasteiger charge is -2.33. The fraction of sp³-hybridized carbons (Fsp3) is 0.440. The Kier molecular flexibility index (Phi) is 7.42. The van der Waals surface area contributed by atoms with Gasteiger partial charge in [-0.05, 0) is 41.5 Å². The number of carbonyl (C=O) groups is 1. The second-order valence-electron chi connectivity index (χ2n) is 8.88. The van der Waals surface area contributed by atoms with Gasteiger partial charge in [0.05, 0.1) is 27.3 Å². The number of piperidine rings is 1. The van der Waals surface area contributed by atoms with E-state index in [4.69, 9.17) is 15.2 Å². The molecule has 1 fully saturated rings. The molecular formula is C25H33N6O3+. The van der Waals surface area contributed by atoms with Crippen LogP contribution in [0.25, 0.3) is 0 Å². The predicted octanol–water partition coefficient (Wildman–Crippen LogP) is 1.11. The number of rotatable bonds is 9. The Hall–Kier alpha value is -3.46. The summed E-state index contributed by atoms with van der Waals surface area (Å²) in [5.74, 6) is 1.99. The fourth-order valence-electron chi connectivity index (χ4n) is 4.74. The second kappa shape index (κ2) is 10.6. The smallest absolute Gasteiger partial charge is 0.220 e. The first-order chi connectivity index (χ1) is 16.5. The number of nitrogens with two attached hydrogens (primary N) is 1. The monoisotopic (exact) mass is 465 g/mol. The number of hydrogen-bond donors (Lipinski definition) is 2. The van der Waals surface area contributed by atoms with Gasteiger partial charge in [-0.25, -0.2) is 4.68 Å². The average Bonchev–Trinajstić information content (AvgIpc) is 3.32. The number of methoxy groups -OCH3 is 2. The van der Waals surface area contributed by atoms with Crippen LogP contribution in [-0.2, 0) is 17.8 Å². The zero-order valence-corrected chi connectivity index (χ0v) is 20.0. The molecule has 0 spiro atoms. The van der Waals surface area contributed by atoms with Gasteiger partial charge in [-0.2, -0.15) is 0 Å².